The molecule has 2 aromatic rings. The van der Waals surface area contributed by atoms with Crippen LogP contribution < -0.4 is 14.9 Å². The summed E-state index contributed by atoms with van der Waals surface area (Å²) in [6.07, 6.45) is 1.58. The number of non-ortho nitro benzene ring substituents is 1. The minimum Gasteiger partial charge on any atom is -0.493 e. The Morgan fingerprint density at radius 1 is 1.25 bits per heavy atom. The molecular formula is C16H15N3O5. The molecule has 2 aromatic carbocycles. The molecule has 0 aliphatic carbocycles. The van der Waals surface area contributed by atoms with E-state index in [1.54, 1.807) is 31.5 Å². The molecular weight excluding hydrogens is 314 g/mol. The van der Waals surface area contributed by atoms with Crippen LogP contribution >= 0.6 is 0 Å². The van der Waals surface area contributed by atoms with Gasteiger partial charge in [0.2, 0.25) is 0 Å². The number of esters is 1. The van der Waals surface area contributed by atoms with Crippen LogP contribution in [-0.4, -0.2) is 31.3 Å². The number of hydrogen-bond donors (Lipinski definition) is 1. The number of carbonyl (C=O) groups excluding carboxylic acids is 1. The second-order valence-electron chi connectivity index (χ2n) is 4.59. The number of nitrogens with zero attached hydrogens (tertiary/aromatic N) is 2. The third kappa shape index (κ3) is 4.07. The van der Waals surface area contributed by atoms with Crippen molar-refractivity contribution < 1.29 is 19.2 Å². The second kappa shape index (κ2) is 7.73. The summed E-state index contributed by atoms with van der Waals surface area (Å²) in [4.78, 5) is 22.4. The first-order chi connectivity index (χ1) is 11.5. The number of ether oxygens (including phenoxy) is 2. The van der Waals surface area contributed by atoms with Crippen molar-refractivity contribution in [1.29, 1.82) is 0 Å². The third-order valence-electron chi connectivity index (χ3n) is 3.03. The van der Waals surface area contributed by atoms with Crippen molar-refractivity contribution in [2.75, 3.05) is 14.2 Å². The lowest BCUT2D eigenvalue weighted by Gasteiger charge is -2.10. The molecule has 0 aromatic heterocycles. The van der Waals surface area contributed by atoms with Crippen molar-refractivity contribution in [3.63, 3.8) is 0 Å². The summed E-state index contributed by atoms with van der Waals surface area (Å²) in [5.74, 6) is -0.168. The Morgan fingerprint density at radius 2 is 2.04 bits per heavy atom. The Hall–Kier alpha value is -3.42. The van der Waals surface area contributed by atoms with Crippen LogP contribution in [0.25, 0.3) is 0 Å². The average molecular weight is 329 g/mol. The number of benzene rings is 2. The van der Waals surface area contributed by atoms with E-state index in [-0.39, 0.29) is 17.0 Å². The molecule has 24 heavy (non-hydrogen) atoms. The van der Waals surface area contributed by atoms with Crippen molar-refractivity contribution in [1.82, 2.24) is 5.43 Å². The van der Waals surface area contributed by atoms with Crippen LogP contribution in [-0.2, 0) is 0 Å². The van der Waals surface area contributed by atoms with E-state index in [0.29, 0.717) is 5.75 Å². The number of rotatable bonds is 6. The zero-order valence-electron chi connectivity index (χ0n) is 13.1. The maximum absolute atomic E-state index is 12.2. The number of methoxy groups -OCH3 is 1. The number of nitro benzene ring substituents is 1. The predicted octanol–water partition coefficient (Wildman–Crippen LogP) is 2.38. The molecule has 0 aliphatic rings. The van der Waals surface area contributed by atoms with Gasteiger partial charge in [-0.05, 0) is 29.8 Å². The maximum Gasteiger partial charge on any atom is 0.343 e. The van der Waals surface area contributed by atoms with E-state index in [1.165, 1.54) is 25.3 Å². The molecule has 2 rings (SSSR count). The fraction of sp³-hybridized carbons (Fsp3) is 0.125. The van der Waals surface area contributed by atoms with Crippen molar-refractivity contribution in [2.45, 2.75) is 0 Å². The molecule has 124 valence electrons. The minimum atomic E-state index is -0.714. The van der Waals surface area contributed by atoms with E-state index >= 15 is 0 Å². The SMILES string of the molecule is CN/N=C/c1ccc(OC(=O)c2cccc([N+](=O)[O-])c2)c(OC)c1. The number of hydrazone groups is 1. The van der Waals surface area contributed by atoms with Crippen LogP contribution in [0.2, 0.25) is 0 Å². The highest BCUT2D eigenvalue weighted by molar-refractivity contribution is 5.92. The fourth-order valence-corrected chi connectivity index (χ4v) is 1.89. The van der Waals surface area contributed by atoms with Gasteiger partial charge in [0, 0.05) is 19.2 Å². The highest BCUT2D eigenvalue weighted by Crippen LogP contribution is 2.28. The molecule has 0 amide bonds. The van der Waals surface area contributed by atoms with Crippen LogP contribution in [0.3, 0.4) is 0 Å². The van der Waals surface area contributed by atoms with Gasteiger partial charge >= 0.3 is 5.97 Å². The fourth-order valence-electron chi connectivity index (χ4n) is 1.89. The molecule has 0 saturated carbocycles. The molecule has 0 atom stereocenters. The van der Waals surface area contributed by atoms with Crippen LogP contribution in [0, 0.1) is 10.1 Å². The Bertz CT molecular complexity index is 789. The van der Waals surface area contributed by atoms with Crippen LogP contribution in [0.5, 0.6) is 11.5 Å². The van der Waals surface area contributed by atoms with Crippen LogP contribution in [0.1, 0.15) is 15.9 Å². The summed E-state index contributed by atoms with van der Waals surface area (Å²) in [6.45, 7) is 0. The summed E-state index contributed by atoms with van der Waals surface area (Å²) in [6, 6.07) is 10.2. The van der Waals surface area contributed by atoms with Crippen molar-refractivity contribution in [3.05, 3.63) is 63.7 Å². The van der Waals surface area contributed by atoms with E-state index in [9.17, 15) is 14.9 Å². The maximum atomic E-state index is 12.2. The topological polar surface area (TPSA) is 103 Å². The minimum absolute atomic E-state index is 0.0760. The lowest BCUT2D eigenvalue weighted by atomic mass is 10.2. The monoisotopic (exact) mass is 329 g/mol. The van der Waals surface area contributed by atoms with E-state index < -0.39 is 10.9 Å². The highest BCUT2D eigenvalue weighted by atomic mass is 16.6. The molecule has 0 radical (unpaired) electrons. The molecule has 0 unspecified atom stereocenters. The standard InChI is InChI=1S/C16H15N3O5/c1-17-18-10-11-6-7-14(15(8-11)23-2)24-16(20)12-4-3-5-13(9-12)19(21)22/h3-10,17H,1-2H3/b18-10+. The molecule has 0 spiro atoms. The molecule has 0 saturated heterocycles. The summed E-state index contributed by atoms with van der Waals surface area (Å²) in [7, 11) is 3.11. The van der Waals surface area contributed by atoms with Crippen LogP contribution in [0.15, 0.2) is 47.6 Å². The lowest BCUT2D eigenvalue weighted by molar-refractivity contribution is -0.384. The highest BCUT2D eigenvalue weighted by Gasteiger charge is 2.15. The molecule has 0 aliphatic heterocycles. The molecule has 0 fully saturated rings. The van der Waals surface area contributed by atoms with Gasteiger partial charge in [-0.1, -0.05) is 6.07 Å². The normalized spacial score (nSPS) is 10.4. The Kier molecular flexibility index (Phi) is 5.45. The van der Waals surface area contributed by atoms with Gasteiger partial charge in [-0.15, -0.1) is 0 Å². The van der Waals surface area contributed by atoms with Gasteiger partial charge in [-0.25, -0.2) is 4.79 Å². The van der Waals surface area contributed by atoms with Gasteiger partial charge in [0.05, 0.1) is 23.8 Å². The summed E-state index contributed by atoms with van der Waals surface area (Å²) >= 11 is 0. The number of carbonyl (C=O) groups is 1. The zero-order chi connectivity index (χ0) is 17.5. The van der Waals surface area contributed by atoms with E-state index in [1.807, 2.05) is 0 Å². The van der Waals surface area contributed by atoms with Gasteiger partial charge in [0.15, 0.2) is 11.5 Å². The Morgan fingerprint density at radius 3 is 2.71 bits per heavy atom. The van der Waals surface area contributed by atoms with E-state index in [0.717, 1.165) is 11.6 Å². The first-order valence-corrected chi connectivity index (χ1v) is 6.89. The van der Waals surface area contributed by atoms with Crippen molar-refractivity contribution >= 4 is 17.9 Å². The van der Waals surface area contributed by atoms with Gasteiger partial charge in [-0.2, -0.15) is 5.10 Å². The number of hydrogen-bond acceptors (Lipinski definition) is 7. The van der Waals surface area contributed by atoms with Crippen molar-refractivity contribution in [3.8, 4) is 11.5 Å². The van der Waals surface area contributed by atoms with E-state index in [2.05, 4.69) is 10.5 Å². The van der Waals surface area contributed by atoms with Gasteiger partial charge in [0.25, 0.3) is 5.69 Å². The summed E-state index contributed by atoms with van der Waals surface area (Å²) < 4.78 is 10.5. The average Bonchev–Trinajstić information content (AvgIpc) is 2.60. The van der Waals surface area contributed by atoms with Gasteiger partial charge in [0.1, 0.15) is 0 Å². The lowest BCUT2D eigenvalue weighted by Crippen LogP contribution is -2.09. The number of nitro groups is 1. The summed E-state index contributed by atoms with van der Waals surface area (Å²) in [5, 5.41) is 14.7. The molecule has 0 bridgehead atoms. The number of nitrogens with one attached hydrogen (secondary N) is 1. The quantitative estimate of drug-likeness (QED) is 0.287. The Labute approximate surface area is 137 Å². The zero-order valence-corrected chi connectivity index (χ0v) is 13.1. The Balaban J connectivity index is 2.23. The third-order valence-corrected chi connectivity index (χ3v) is 3.03. The largest absolute Gasteiger partial charge is 0.493 e. The van der Waals surface area contributed by atoms with Gasteiger partial charge < -0.3 is 14.9 Å². The van der Waals surface area contributed by atoms with E-state index in [4.69, 9.17) is 9.47 Å². The molecule has 1 N–H and O–H groups in total. The van der Waals surface area contributed by atoms with Gasteiger partial charge in [-0.3, -0.25) is 10.1 Å². The molecule has 8 nitrogen and oxygen atoms in total. The summed E-state index contributed by atoms with van der Waals surface area (Å²) in [5.41, 5.74) is 3.26. The van der Waals surface area contributed by atoms with Crippen LogP contribution in [0.4, 0.5) is 5.69 Å². The first kappa shape index (κ1) is 16.9. The second-order valence-corrected chi connectivity index (χ2v) is 4.59. The molecule has 8 heteroatoms. The predicted molar refractivity (Wildman–Crippen MR) is 87.7 cm³/mol. The van der Waals surface area contributed by atoms with Crippen molar-refractivity contribution in [2.24, 2.45) is 5.10 Å². The molecule has 0 heterocycles. The smallest absolute Gasteiger partial charge is 0.343 e. The first-order valence-electron chi connectivity index (χ1n) is 6.89.